The van der Waals surface area contributed by atoms with Gasteiger partial charge < -0.3 is 5.11 Å². The van der Waals surface area contributed by atoms with Crippen molar-refractivity contribution in [3.63, 3.8) is 0 Å². The molecule has 0 spiro atoms. The summed E-state index contributed by atoms with van der Waals surface area (Å²) >= 11 is 0. The van der Waals surface area contributed by atoms with Crippen LogP contribution in [-0.4, -0.2) is 20.8 Å². The molecule has 4 heteroatoms. The van der Waals surface area contributed by atoms with Crippen molar-refractivity contribution in [3.8, 4) is 11.8 Å². The monoisotopic (exact) mass is 260 g/mol. The van der Waals surface area contributed by atoms with Crippen LogP contribution in [0.1, 0.15) is 43.2 Å². The molecule has 0 atom stereocenters. The second-order valence-corrected chi connectivity index (χ2v) is 5.11. The smallest absolute Gasteiger partial charge is 0.317 e. The fourth-order valence-corrected chi connectivity index (χ4v) is 2.31. The molecule has 0 radical (unpaired) electrons. The Morgan fingerprint density at radius 3 is 2.58 bits per heavy atom. The topological polar surface area (TPSA) is 60.5 Å². The van der Waals surface area contributed by atoms with Crippen molar-refractivity contribution in [1.82, 2.24) is 0 Å². The highest BCUT2D eigenvalue weighted by molar-refractivity contribution is 5.48. The van der Waals surface area contributed by atoms with Gasteiger partial charge in [-0.15, -0.1) is 0 Å². The zero-order chi connectivity index (χ0) is 13.9. The molecule has 2 N–H and O–H groups in total. The van der Waals surface area contributed by atoms with E-state index in [9.17, 15) is 10.0 Å². The third kappa shape index (κ3) is 3.33. The molecule has 0 unspecified atom stereocenters. The van der Waals surface area contributed by atoms with E-state index in [1.54, 1.807) is 6.07 Å². The Bertz CT molecular complexity index is 548. The number of hydrogen-bond donors (Lipinski definition) is 2. The molecule has 0 bridgehead atoms. The maximum absolute atomic E-state index is 10.9. The van der Waals surface area contributed by atoms with Gasteiger partial charge in [-0.25, -0.2) is 5.21 Å². The van der Waals surface area contributed by atoms with E-state index >= 15 is 0 Å². The third-order valence-corrected chi connectivity index (χ3v) is 3.55. The summed E-state index contributed by atoms with van der Waals surface area (Å²) in [6.45, 7) is 1.88. The first kappa shape index (κ1) is 13.6. The lowest BCUT2D eigenvalue weighted by Gasteiger charge is -2.26. The van der Waals surface area contributed by atoms with E-state index in [-0.39, 0.29) is 10.6 Å². The lowest BCUT2D eigenvalue weighted by atomic mass is 9.85. The Balaban J connectivity index is 2.28. The standard InChI is InChI=1S/C15H18NO3/c1-12-5-6-14(16(18)19)11-13(12)7-10-15(17)8-3-2-4-9-15/h5-6,11,17H,2-4,8-9H2,1H3,(H,18,19)/q+1. The van der Waals surface area contributed by atoms with E-state index in [1.165, 1.54) is 12.1 Å². The quantitative estimate of drug-likeness (QED) is 0.603. The van der Waals surface area contributed by atoms with E-state index in [4.69, 9.17) is 5.21 Å². The molecule has 1 saturated carbocycles. The van der Waals surface area contributed by atoms with Crippen molar-refractivity contribution in [2.75, 3.05) is 0 Å². The van der Waals surface area contributed by atoms with Gasteiger partial charge in [0.15, 0.2) is 0 Å². The Morgan fingerprint density at radius 2 is 1.95 bits per heavy atom. The van der Waals surface area contributed by atoms with Crippen molar-refractivity contribution in [2.24, 2.45) is 0 Å². The van der Waals surface area contributed by atoms with Crippen LogP contribution in [0.4, 0.5) is 5.69 Å². The normalized spacial score (nSPS) is 17.4. The second kappa shape index (κ2) is 5.41. The molecule has 0 aromatic heterocycles. The fourth-order valence-electron chi connectivity index (χ4n) is 2.31. The Kier molecular flexibility index (Phi) is 3.87. The minimum atomic E-state index is -0.906. The summed E-state index contributed by atoms with van der Waals surface area (Å²) < 4.78 is 0. The van der Waals surface area contributed by atoms with Gasteiger partial charge in [-0.1, -0.05) is 24.3 Å². The number of aryl methyl sites for hydroxylation is 1. The maximum atomic E-state index is 10.9. The molecular weight excluding hydrogens is 242 g/mol. The van der Waals surface area contributed by atoms with Gasteiger partial charge in [0.05, 0.1) is 4.91 Å². The van der Waals surface area contributed by atoms with Crippen LogP contribution in [0, 0.1) is 23.7 Å². The minimum Gasteiger partial charge on any atom is -0.378 e. The Morgan fingerprint density at radius 1 is 1.26 bits per heavy atom. The highest BCUT2D eigenvalue weighted by Crippen LogP contribution is 2.27. The summed E-state index contributed by atoms with van der Waals surface area (Å²) in [4.78, 5) is 10.7. The van der Waals surface area contributed by atoms with Gasteiger partial charge in [0.25, 0.3) is 4.92 Å². The maximum Gasteiger partial charge on any atom is 0.317 e. The van der Waals surface area contributed by atoms with Crippen LogP contribution < -0.4 is 0 Å². The SMILES string of the molecule is Cc1ccc([N+](=O)O)cc1C#CC1(O)CCCCC1. The molecule has 0 aliphatic heterocycles. The molecule has 100 valence electrons. The van der Waals surface area contributed by atoms with Crippen molar-refractivity contribution in [3.05, 3.63) is 34.2 Å². The molecule has 0 amide bonds. The molecule has 0 heterocycles. The summed E-state index contributed by atoms with van der Waals surface area (Å²) in [5.74, 6) is 5.87. The fraction of sp³-hybridized carbons (Fsp3) is 0.467. The van der Waals surface area contributed by atoms with Gasteiger partial charge >= 0.3 is 5.69 Å². The molecule has 1 aliphatic rings. The molecular formula is C15H18NO3+. The van der Waals surface area contributed by atoms with Crippen LogP contribution in [-0.2, 0) is 0 Å². The zero-order valence-corrected chi connectivity index (χ0v) is 11.0. The summed E-state index contributed by atoms with van der Waals surface area (Å²) in [5, 5.41) is 19.2. The molecule has 19 heavy (non-hydrogen) atoms. The van der Waals surface area contributed by atoms with E-state index in [2.05, 4.69) is 11.8 Å². The number of nitrogens with zero attached hydrogens (tertiary/aromatic N) is 1. The number of hydrogen-bond acceptors (Lipinski definition) is 2. The van der Waals surface area contributed by atoms with E-state index in [1.807, 2.05) is 6.92 Å². The van der Waals surface area contributed by atoms with Crippen LogP contribution >= 0.6 is 0 Å². The van der Waals surface area contributed by atoms with Gasteiger partial charge in [0, 0.05) is 17.7 Å². The first-order valence-corrected chi connectivity index (χ1v) is 6.52. The Labute approximate surface area is 112 Å². The first-order chi connectivity index (χ1) is 9.00. The van der Waals surface area contributed by atoms with Crippen LogP contribution in [0.25, 0.3) is 0 Å². The summed E-state index contributed by atoms with van der Waals surface area (Å²) in [6, 6.07) is 4.79. The highest BCUT2D eigenvalue weighted by Gasteiger charge is 2.26. The van der Waals surface area contributed by atoms with Gasteiger partial charge in [0.1, 0.15) is 5.60 Å². The van der Waals surface area contributed by atoms with Crippen LogP contribution in [0.3, 0.4) is 0 Å². The van der Waals surface area contributed by atoms with Gasteiger partial charge in [-0.05, 0) is 38.2 Å². The predicted octanol–water partition coefficient (Wildman–Crippen LogP) is 2.84. The number of aliphatic hydroxyl groups is 1. The van der Waals surface area contributed by atoms with Crippen molar-refractivity contribution in [1.29, 1.82) is 0 Å². The average molecular weight is 260 g/mol. The molecule has 1 fully saturated rings. The van der Waals surface area contributed by atoms with Gasteiger partial charge in [-0.3, -0.25) is 0 Å². The molecule has 1 aliphatic carbocycles. The Hall–Kier alpha value is -1.86. The number of rotatable bonds is 1. The average Bonchev–Trinajstić information content (AvgIpc) is 2.38. The van der Waals surface area contributed by atoms with E-state index in [0.717, 1.165) is 24.8 Å². The number of benzene rings is 1. The van der Waals surface area contributed by atoms with Crippen molar-refractivity contribution < 1.29 is 15.2 Å². The van der Waals surface area contributed by atoms with Gasteiger partial charge in [0.2, 0.25) is 0 Å². The summed E-state index contributed by atoms with van der Waals surface area (Å²) in [6.07, 6.45) is 4.54. The first-order valence-electron chi connectivity index (χ1n) is 6.52. The van der Waals surface area contributed by atoms with Crippen LogP contribution in [0.2, 0.25) is 0 Å². The molecule has 0 saturated heterocycles. The van der Waals surface area contributed by atoms with Gasteiger partial charge in [-0.2, -0.15) is 0 Å². The molecule has 4 nitrogen and oxygen atoms in total. The van der Waals surface area contributed by atoms with Crippen molar-refractivity contribution in [2.45, 2.75) is 44.6 Å². The molecule has 1 aromatic rings. The second-order valence-electron chi connectivity index (χ2n) is 5.11. The zero-order valence-electron chi connectivity index (χ0n) is 11.0. The largest absolute Gasteiger partial charge is 0.378 e. The molecule has 1 aromatic carbocycles. The molecule has 2 rings (SSSR count). The van der Waals surface area contributed by atoms with Crippen molar-refractivity contribution >= 4 is 5.69 Å². The predicted molar refractivity (Wildman–Crippen MR) is 71.2 cm³/mol. The van der Waals surface area contributed by atoms with Crippen LogP contribution in [0.5, 0.6) is 0 Å². The highest BCUT2D eigenvalue weighted by atomic mass is 16.6. The van der Waals surface area contributed by atoms with E-state index < -0.39 is 5.60 Å². The summed E-state index contributed by atoms with van der Waals surface area (Å²) in [7, 11) is 0. The summed E-state index contributed by atoms with van der Waals surface area (Å²) in [5.41, 5.74) is 0.811. The lowest BCUT2D eigenvalue weighted by molar-refractivity contribution is -0.729. The van der Waals surface area contributed by atoms with Crippen LogP contribution in [0.15, 0.2) is 18.2 Å². The lowest BCUT2D eigenvalue weighted by Crippen LogP contribution is -2.29. The minimum absolute atomic E-state index is 0.144. The third-order valence-electron chi connectivity index (χ3n) is 3.55. The van der Waals surface area contributed by atoms with E-state index in [0.29, 0.717) is 18.4 Å².